The van der Waals surface area contributed by atoms with E-state index in [1.165, 1.54) is 0 Å². The lowest BCUT2D eigenvalue weighted by atomic mass is 11.7. The molecule has 0 saturated heterocycles. The summed E-state index contributed by atoms with van der Waals surface area (Å²) < 4.78 is 29.2. The Kier molecular flexibility index (Phi) is 6.56. The standard InChI is InChI=1S/C2H8O6P2S/c3-1-9-7-11(5,6)8-10-2-4/h3-4,9-10H,1-2H2. The Labute approximate surface area is 68.0 Å². The fourth-order valence-corrected chi connectivity index (χ4v) is 2.23. The van der Waals surface area contributed by atoms with Crippen LogP contribution in [0.4, 0.5) is 0 Å². The van der Waals surface area contributed by atoms with Crippen LogP contribution in [-0.2, 0) is 18.3 Å². The summed E-state index contributed by atoms with van der Waals surface area (Å²) in [6.45, 7) is 0. The summed E-state index contributed by atoms with van der Waals surface area (Å²) in [7, 11) is -5.12. The molecule has 0 aliphatic heterocycles. The van der Waals surface area contributed by atoms with Crippen molar-refractivity contribution < 1.29 is 26.6 Å². The molecule has 0 bridgehead atoms. The molecule has 11 heavy (non-hydrogen) atoms. The monoisotopic (exact) mass is 222 g/mol. The van der Waals surface area contributed by atoms with Gasteiger partial charge in [-0.1, -0.05) is 0 Å². The van der Waals surface area contributed by atoms with Gasteiger partial charge in [-0.15, -0.1) is 0 Å². The highest BCUT2D eigenvalue weighted by atomic mass is 32.3. The zero-order valence-electron chi connectivity index (χ0n) is 5.35. The van der Waals surface area contributed by atoms with Crippen molar-refractivity contribution in [1.82, 2.24) is 0 Å². The fraction of sp³-hybridized carbons (Fsp3) is 1.00. The molecule has 0 radical (unpaired) electrons. The summed E-state index contributed by atoms with van der Waals surface area (Å²) in [6.07, 6.45) is -0.740. The molecule has 0 aromatic carbocycles. The Balaban J connectivity index is 3.63. The van der Waals surface area contributed by atoms with E-state index in [2.05, 4.69) is 7.94 Å². The average Bonchev–Trinajstić information content (AvgIpc) is 1.97. The van der Waals surface area contributed by atoms with Gasteiger partial charge in [0.2, 0.25) is 0 Å². The SMILES string of the molecule is O=S(=O)(OPCO)OPCO. The lowest BCUT2D eigenvalue weighted by Crippen LogP contribution is -2.00. The number of aliphatic hydroxyl groups is 2. The van der Waals surface area contributed by atoms with Gasteiger partial charge in [-0.25, -0.2) is 7.94 Å². The van der Waals surface area contributed by atoms with Crippen LogP contribution in [0.3, 0.4) is 0 Å². The van der Waals surface area contributed by atoms with Crippen molar-refractivity contribution in [3.8, 4) is 0 Å². The minimum absolute atomic E-state index is 0.370. The minimum atomic E-state index is -4.00. The molecule has 0 fully saturated rings. The maximum Gasteiger partial charge on any atom is 0.405 e. The molecule has 0 spiro atoms. The molecular weight excluding hydrogens is 214 g/mol. The third-order valence-electron chi connectivity index (χ3n) is 0.451. The molecule has 0 aromatic heterocycles. The van der Waals surface area contributed by atoms with E-state index >= 15 is 0 Å². The predicted molar refractivity (Wildman–Crippen MR) is 41.9 cm³/mol. The molecule has 0 aromatic rings. The van der Waals surface area contributed by atoms with Gasteiger partial charge in [0.25, 0.3) is 0 Å². The Hall–Kier alpha value is 0.650. The molecule has 6 nitrogen and oxygen atoms in total. The van der Waals surface area contributed by atoms with E-state index in [4.69, 9.17) is 10.2 Å². The van der Waals surface area contributed by atoms with E-state index < -0.39 is 28.0 Å². The van der Waals surface area contributed by atoms with Crippen LogP contribution in [0.25, 0.3) is 0 Å². The highest BCUT2D eigenvalue weighted by molar-refractivity contribution is 7.87. The minimum Gasteiger partial charge on any atom is -0.390 e. The zero-order chi connectivity index (χ0) is 8.74. The van der Waals surface area contributed by atoms with E-state index in [1.807, 2.05) is 0 Å². The first kappa shape index (κ1) is 11.6. The molecule has 9 heteroatoms. The third kappa shape index (κ3) is 7.03. The van der Waals surface area contributed by atoms with Crippen molar-refractivity contribution in [2.75, 3.05) is 12.7 Å². The van der Waals surface area contributed by atoms with Gasteiger partial charge in [0.15, 0.2) is 0 Å². The van der Waals surface area contributed by atoms with Crippen LogP contribution in [0.1, 0.15) is 0 Å². The van der Waals surface area contributed by atoms with Crippen molar-refractivity contribution in [1.29, 1.82) is 0 Å². The molecule has 0 aliphatic rings. The van der Waals surface area contributed by atoms with Crippen LogP contribution < -0.4 is 0 Å². The van der Waals surface area contributed by atoms with E-state index in [9.17, 15) is 8.42 Å². The van der Waals surface area contributed by atoms with Gasteiger partial charge >= 0.3 is 10.4 Å². The first-order valence-electron chi connectivity index (χ1n) is 2.41. The van der Waals surface area contributed by atoms with E-state index in [0.29, 0.717) is 0 Å². The maximum absolute atomic E-state index is 10.5. The van der Waals surface area contributed by atoms with Gasteiger partial charge in [0.1, 0.15) is 0 Å². The number of aliphatic hydroxyl groups excluding tert-OH is 2. The Morgan fingerprint density at radius 3 is 1.73 bits per heavy atom. The molecule has 68 valence electrons. The van der Waals surface area contributed by atoms with Gasteiger partial charge in [0, 0.05) is 0 Å². The summed E-state index contributed by atoms with van der Waals surface area (Å²) in [4.78, 5) is 0. The van der Waals surface area contributed by atoms with Crippen molar-refractivity contribution in [3.05, 3.63) is 0 Å². The Morgan fingerprint density at radius 1 is 1.09 bits per heavy atom. The average molecular weight is 222 g/mol. The lowest BCUT2D eigenvalue weighted by molar-refractivity contribution is 0.349. The van der Waals surface area contributed by atoms with Crippen LogP contribution in [0.15, 0.2) is 0 Å². The summed E-state index contributed by atoms with van der Waals surface area (Å²) in [6, 6.07) is 0. The summed E-state index contributed by atoms with van der Waals surface area (Å²) >= 11 is 0. The predicted octanol–water partition coefficient (Wildman–Crippen LogP) is -0.649. The van der Waals surface area contributed by atoms with Crippen LogP contribution in [-0.4, -0.2) is 31.3 Å². The van der Waals surface area contributed by atoms with Gasteiger partial charge < -0.3 is 10.2 Å². The number of hydrogen-bond acceptors (Lipinski definition) is 6. The van der Waals surface area contributed by atoms with Gasteiger partial charge in [-0.2, -0.15) is 8.42 Å². The number of rotatable bonds is 6. The van der Waals surface area contributed by atoms with Gasteiger partial charge in [-0.05, 0) is 0 Å². The molecule has 0 aliphatic carbocycles. The van der Waals surface area contributed by atoms with E-state index in [-0.39, 0.29) is 12.7 Å². The molecule has 0 saturated carbocycles. The molecule has 2 atom stereocenters. The van der Waals surface area contributed by atoms with Gasteiger partial charge in [-0.3, -0.25) is 0 Å². The highest BCUT2D eigenvalue weighted by Gasteiger charge is 2.10. The molecular formula is C2H8O6P2S. The molecule has 0 amide bonds. The van der Waals surface area contributed by atoms with E-state index in [1.54, 1.807) is 0 Å². The zero-order valence-corrected chi connectivity index (χ0v) is 8.17. The summed E-state index contributed by atoms with van der Waals surface area (Å²) in [5, 5.41) is 16.4. The first-order valence-corrected chi connectivity index (χ1v) is 5.98. The van der Waals surface area contributed by atoms with E-state index in [0.717, 1.165) is 0 Å². The maximum atomic E-state index is 10.5. The van der Waals surface area contributed by atoms with Gasteiger partial charge in [0.05, 0.1) is 30.3 Å². The molecule has 2 unspecified atom stereocenters. The van der Waals surface area contributed by atoms with Crippen molar-refractivity contribution in [3.63, 3.8) is 0 Å². The van der Waals surface area contributed by atoms with Crippen molar-refractivity contribution >= 4 is 28.0 Å². The first-order chi connectivity index (χ1) is 5.12. The third-order valence-corrected chi connectivity index (χ3v) is 3.29. The fourth-order valence-electron chi connectivity index (χ4n) is 0.214. The smallest absolute Gasteiger partial charge is 0.390 e. The normalized spacial score (nSPS) is 14.0. The van der Waals surface area contributed by atoms with Crippen LogP contribution in [0.2, 0.25) is 0 Å². The van der Waals surface area contributed by atoms with Crippen LogP contribution in [0, 0.1) is 0 Å². The topological polar surface area (TPSA) is 93.1 Å². The Morgan fingerprint density at radius 2 is 1.45 bits per heavy atom. The molecule has 0 rings (SSSR count). The number of hydrogen-bond donors (Lipinski definition) is 2. The summed E-state index contributed by atoms with van der Waals surface area (Å²) in [5.74, 6) is 0. The lowest BCUT2D eigenvalue weighted by Gasteiger charge is -2.01. The quantitative estimate of drug-likeness (QED) is 0.580. The summed E-state index contributed by atoms with van der Waals surface area (Å²) in [5.41, 5.74) is 0. The van der Waals surface area contributed by atoms with Crippen molar-refractivity contribution in [2.24, 2.45) is 0 Å². The molecule has 2 N–H and O–H groups in total. The highest BCUT2D eigenvalue weighted by Crippen LogP contribution is 2.21. The molecule has 0 heterocycles. The second kappa shape index (κ2) is 6.20. The second-order valence-electron chi connectivity index (χ2n) is 1.18. The Bertz CT molecular complexity index is 163. The van der Waals surface area contributed by atoms with Crippen LogP contribution in [0.5, 0.6) is 0 Å². The van der Waals surface area contributed by atoms with Crippen LogP contribution >= 0.6 is 17.6 Å². The van der Waals surface area contributed by atoms with Crippen molar-refractivity contribution in [2.45, 2.75) is 0 Å². The largest absolute Gasteiger partial charge is 0.405 e. The second-order valence-corrected chi connectivity index (χ2v) is 4.54.